The highest BCUT2D eigenvalue weighted by Gasteiger charge is 2.52. The van der Waals surface area contributed by atoms with Gasteiger partial charge >= 0.3 is 0 Å². The molecule has 0 radical (unpaired) electrons. The molecule has 0 aromatic carbocycles. The topological polar surface area (TPSA) is 9.23 Å². The van der Waals surface area contributed by atoms with Crippen molar-refractivity contribution >= 4 is 0 Å². The monoisotopic (exact) mass is 240 g/mol. The molecular weight excluding hydrogens is 208 g/mol. The van der Waals surface area contributed by atoms with Crippen LogP contribution in [-0.2, 0) is 4.74 Å². The van der Waals surface area contributed by atoms with E-state index in [1.54, 1.807) is 0 Å². The van der Waals surface area contributed by atoms with Crippen LogP contribution in [0.5, 0.6) is 0 Å². The SMILES string of the molecule is CC(C)CC1(C)OC(C)C(C(C)C)C1C(C)C. The number of rotatable bonds is 4. The number of hydrogen-bond acceptors (Lipinski definition) is 1. The summed E-state index contributed by atoms with van der Waals surface area (Å²) in [6, 6.07) is 0. The van der Waals surface area contributed by atoms with Gasteiger partial charge in [-0.25, -0.2) is 0 Å². The summed E-state index contributed by atoms with van der Waals surface area (Å²) in [6.07, 6.45) is 1.59. The summed E-state index contributed by atoms with van der Waals surface area (Å²) in [5.74, 6) is 3.53. The Labute approximate surface area is 108 Å². The molecule has 1 fully saturated rings. The molecule has 0 bridgehead atoms. The minimum atomic E-state index is 0.0800. The molecule has 1 saturated heterocycles. The standard InChI is InChI=1S/C16H32O/c1-10(2)9-16(8)15(12(5)6)14(11(3)4)13(7)17-16/h10-15H,9H2,1-8H3. The second kappa shape index (κ2) is 5.30. The van der Waals surface area contributed by atoms with Crippen LogP contribution in [0.15, 0.2) is 0 Å². The number of hydrogen-bond donors (Lipinski definition) is 0. The van der Waals surface area contributed by atoms with Crippen LogP contribution in [0.2, 0.25) is 0 Å². The quantitative estimate of drug-likeness (QED) is 0.689. The molecule has 4 atom stereocenters. The summed E-state index contributed by atoms with van der Waals surface area (Å²) >= 11 is 0. The molecule has 0 spiro atoms. The molecule has 17 heavy (non-hydrogen) atoms. The van der Waals surface area contributed by atoms with Crippen molar-refractivity contribution in [1.82, 2.24) is 0 Å². The van der Waals surface area contributed by atoms with Crippen molar-refractivity contribution in [2.75, 3.05) is 0 Å². The first-order valence-corrected chi connectivity index (χ1v) is 7.37. The van der Waals surface area contributed by atoms with Gasteiger partial charge in [-0.2, -0.15) is 0 Å². The molecule has 0 aromatic heterocycles. The van der Waals surface area contributed by atoms with E-state index in [4.69, 9.17) is 4.74 Å². The average molecular weight is 240 g/mol. The highest BCUT2D eigenvalue weighted by atomic mass is 16.5. The van der Waals surface area contributed by atoms with Crippen molar-refractivity contribution in [1.29, 1.82) is 0 Å². The van der Waals surface area contributed by atoms with Gasteiger partial charge in [-0.1, -0.05) is 41.5 Å². The molecule has 1 nitrogen and oxygen atoms in total. The van der Waals surface area contributed by atoms with E-state index in [2.05, 4.69) is 55.4 Å². The second-order valence-corrected chi connectivity index (χ2v) is 7.32. The maximum atomic E-state index is 6.41. The maximum Gasteiger partial charge on any atom is 0.0694 e. The van der Waals surface area contributed by atoms with Crippen molar-refractivity contribution in [2.45, 2.75) is 73.5 Å². The van der Waals surface area contributed by atoms with E-state index in [1.807, 2.05) is 0 Å². The summed E-state index contributed by atoms with van der Waals surface area (Å²) in [4.78, 5) is 0. The molecule has 0 saturated carbocycles. The van der Waals surface area contributed by atoms with Crippen LogP contribution in [0.4, 0.5) is 0 Å². The fourth-order valence-corrected chi connectivity index (χ4v) is 4.38. The fraction of sp³-hybridized carbons (Fsp3) is 1.00. The second-order valence-electron chi connectivity index (χ2n) is 7.32. The van der Waals surface area contributed by atoms with Crippen molar-refractivity contribution in [2.24, 2.45) is 29.6 Å². The van der Waals surface area contributed by atoms with Crippen molar-refractivity contribution in [3.05, 3.63) is 0 Å². The van der Waals surface area contributed by atoms with Gasteiger partial charge in [0.15, 0.2) is 0 Å². The first kappa shape index (κ1) is 15.0. The third kappa shape index (κ3) is 3.05. The first-order valence-electron chi connectivity index (χ1n) is 7.37. The highest BCUT2D eigenvalue weighted by molar-refractivity contribution is 4.99. The van der Waals surface area contributed by atoms with Crippen LogP contribution in [0.3, 0.4) is 0 Å². The molecule has 1 heterocycles. The van der Waals surface area contributed by atoms with E-state index in [9.17, 15) is 0 Å². The molecule has 0 N–H and O–H groups in total. The van der Waals surface area contributed by atoms with Crippen LogP contribution < -0.4 is 0 Å². The molecule has 0 aromatic rings. The van der Waals surface area contributed by atoms with Crippen LogP contribution in [0.25, 0.3) is 0 Å². The number of ether oxygens (including phenoxy) is 1. The normalized spacial score (nSPS) is 38.6. The zero-order valence-electron chi connectivity index (χ0n) is 13.1. The molecule has 0 amide bonds. The molecule has 1 rings (SSSR count). The Balaban J connectivity index is 2.99. The molecule has 102 valence electrons. The maximum absolute atomic E-state index is 6.41. The molecule has 4 unspecified atom stereocenters. The van der Waals surface area contributed by atoms with Gasteiger partial charge in [-0.3, -0.25) is 0 Å². The minimum Gasteiger partial charge on any atom is -0.372 e. The lowest BCUT2D eigenvalue weighted by atomic mass is 9.68. The van der Waals surface area contributed by atoms with E-state index in [0.29, 0.717) is 35.7 Å². The van der Waals surface area contributed by atoms with Crippen LogP contribution in [0, 0.1) is 29.6 Å². The lowest BCUT2D eigenvalue weighted by Gasteiger charge is -2.37. The molecule has 0 aliphatic carbocycles. The summed E-state index contributed by atoms with van der Waals surface area (Å²) in [5.41, 5.74) is 0.0800. The van der Waals surface area contributed by atoms with Gasteiger partial charge in [0.25, 0.3) is 0 Å². The van der Waals surface area contributed by atoms with E-state index in [0.717, 1.165) is 0 Å². The molecular formula is C16H32O. The Morgan fingerprint density at radius 3 is 1.88 bits per heavy atom. The Morgan fingerprint density at radius 2 is 1.53 bits per heavy atom. The average Bonchev–Trinajstić information content (AvgIpc) is 2.34. The predicted octanol–water partition coefficient (Wildman–Crippen LogP) is 4.75. The van der Waals surface area contributed by atoms with Crippen LogP contribution >= 0.6 is 0 Å². The van der Waals surface area contributed by atoms with Gasteiger partial charge in [-0.05, 0) is 49.9 Å². The third-order valence-corrected chi connectivity index (χ3v) is 4.42. The lowest BCUT2D eigenvalue weighted by Crippen LogP contribution is -2.39. The zero-order valence-corrected chi connectivity index (χ0v) is 13.1. The first-order chi connectivity index (χ1) is 7.69. The van der Waals surface area contributed by atoms with Gasteiger partial charge in [0.2, 0.25) is 0 Å². The minimum absolute atomic E-state index is 0.0800. The van der Waals surface area contributed by atoms with Gasteiger partial charge < -0.3 is 4.74 Å². The van der Waals surface area contributed by atoms with E-state index >= 15 is 0 Å². The summed E-state index contributed by atoms with van der Waals surface area (Å²) in [7, 11) is 0. The molecule has 1 aliphatic rings. The Kier molecular flexibility index (Phi) is 4.68. The van der Waals surface area contributed by atoms with Crippen molar-refractivity contribution in [3.8, 4) is 0 Å². The fourth-order valence-electron chi connectivity index (χ4n) is 4.38. The Morgan fingerprint density at radius 1 is 1.00 bits per heavy atom. The summed E-state index contributed by atoms with van der Waals surface area (Å²) in [6.45, 7) is 18.6. The third-order valence-electron chi connectivity index (χ3n) is 4.42. The molecule has 1 aliphatic heterocycles. The van der Waals surface area contributed by atoms with E-state index in [-0.39, 0.29) is 5.60 Å². The Bertz CT molecular complexity index is 244. The van der Waals surface area contributed by atoms with Gasteiger partial charge in [0, 0.05) is 0 Å². The van der Waals surface area contributed by atoms with E-state index in [1.165, 1.54) is 6.42 Å². The summed E-state index contributed by atoms with van der Waals surface area (Å²) in [5, 5.41) is 0. The van der Waals surface area contributed by atoms with Gasteiger partial charge in [-0.15, -0.1) is 0 Å². The van der Waals surface area contributed by atoms with Gasteiger partial charge in [0.1, 0.15) is 0 Å². The largest absolute Gasteiger partial charge is 0.372 e. The highest BCUT2D eigenvalue weighted by Crippen LogP contribution is 2.50. The zero-order chi connectivity index (χ0) is 13.4. The van der Waals surface area contributed by atoms with E-state index < -0.39 is 0 Å². The Hall–Kier alpha value is -0.0400. The molecule has 1 heteroatoms. The van der Waals surface area contributed by atoms with Crippen LogP contribution in [-0.4, -0.2) is 11.7 Å². The smallest absolute Gasteiger partial charge is 0.0694 e. The van der Waals surface area contributed by atoms with Crippen molar-refractivity contribution in [3.63, 3.8) is 0 Å². The van der Waals surface area contributed by atoms with Crippen molar-refractivity contribution < 1.29 is 4.74 Å². The van der Waals surface area contributed by atoms with Crippen LogP contribution in [0.1, 0.15) is 61.8 Å². The lowest BCUT2D eigenvalue weighted by molar-refractivity contribution is -0.0596. The van der Waals surface area contributed by atoms with Gasteiger partial charge in [0.05, 0.1) is 11.7 Å². The summed E-state index contributed by atoms with van der Waals surface area (Å²) < 4.78 is 6.41. The predicted molar refractivity (Wildman–Crippen MR) is 75.1 cm³/mol.